The molecule has 0 bridgehead atoms. The molecule has 3 rings (SSSR count). The van der Waals surface area contributed by atoms with E-state index in [0.29, 0.717) is 25.8 Å². The molecule has 34 heavy (non-hydrogen) atoms. The molecule has 2 saturated heterocycles. The van der Waals surface area contributed by atoms with E-state index in [1.54, 1.807) is 0 Å². The standard InChI is InChI=1S/C27H38N4O3/c1-18(2)13-24-27(34)30-22(16-28)15-23-21(17-29-26(23)33)12-8-4-7-11-20(25(32)31-24)14-19-9-5-3-6-10-19/h3,5-6,9-10,18,20-24H,4,7-8,11-15,17H2,1-2H3,(H,29,33)(H,30,34)(H,31,32)/t20-,21-,22+,23-,24?/m1/s1. The molecule has 2 heterocycles. The first kappa shape index (κ1) is 25.7. The second-order valence-electron chi connectivity index (χ2n) is 10.3. The highest BCUT2D eigenvalue weighted by molar-refractivity contribution is 5.89. The third kappa shape index (κ3) is 7.31. The van der Waals surface area contributed by atoms with Gasteiger partial charge in [-0.2, -0.15) is 5.26 Å². The summed E-state index contributed by atoms with van der Waals surface area (Å²) in [5, 5.41) is 18.5. The number of rotatable bonds is 4. The largest absolute Gasteiger partial charge is 0.356 e. The molecule has 1 unspecified atom stereocenters. The maximum Gasteiger partial charge on any atom is 0.243 e. The van der Waals surface area contributed by atoms with Crippen molar-refractivity contribution in [1.29, 1.82) is 5.26 Å². The number of hydrogen-bond donors (Lipinski definition) is 3. The van der Waals surface area contributed by atoms with Gasteiger partial charge in [-0.05, 0) is 49.5 Å². The number of carbonyl (C=O) groups excluding carboxylic acids is 3. The third-order valence-corrected chi connectivity index (χ3v) is 7.07. The highest BCUT2D eigenvalue weighted by Crippen LogP contribution is 2.28. The molecular formula is C27H38N4O3. The van der Waals surface area contributed by atoms with E-state index in [1.807, 2.05) is 44.2 Å². The number of fused-ring (bicyclic) bond motifs is 1. The summed E-state index contributed by atoms with van der Waals surface area (Å²) in [6, 6.07) is 10.7. The average Bonchev–Trinajstić information content (AvgIpc) is 3.15. The summed E-state index contributed by atoms with van der Waals surface area (Å²) in [6.07, 6.45) is 5.97. The fraction of sp³-hybridized carbons (Fsp3) is 0.630. The molecular weight excluding hydrogens is 428 g/mol. The lowest BCUT2D eigenvalue weighted by Crippen LogP contribution is -2.51. The molecule has 0 spiro atoms. The van der Waals surface area contributed by atoms with Crippen molar-refractivity contribution in [2.45, 2.75) is 77.3 Å². The lowest BCUT2D eigenvalue weighted by molar-refractivity contribution is -0.132. The quantitative estimate of drug-likeness (QED) is 0.633. The first-order valence-corrected chi connectivity index (χ1v) is 12.7. The van der Waals surface area contributed by atoms with Gasteiger partial charge in [0.25, 0.3) is 0 Å². The van der Waals surface area contributed by atoms with E-state index in [4.69, 9.17) is 0 Å². The van der Waals surface area contributed by atoms with Gasteiger partial charge in [-0.1, -0.05) is 63.4 Å². The van der Waals surface area contributed by atoms with Crippen LogP contribution in [0.4, 0.5) is 0 Å². The van der Waals surface area contributed by atoms with Gasteiger partial charge in [0, 0.05) is 18.4 Å². The van der Waals surface area contributed by atoms with E-state index in [-0.39, 0.29) is 41.4 Å². The number of amides is 3. The van der Waals surface area contributed by atoms with E-state index in [2.05, 4.69) is 22.0 Å². The van der Waals surface area contributed by atoms with Crippen LogP contribution in [0.1, 0.15) is 64.4 Å². The van der Waals surface area contributed by atoms with Crippen LogP contribution >= 0.6 is 0 Å². The van der Waals surface area contributed by atoms with Crippen LogP contribution < -0.4 is 16.0 Å². The highest BCUT2D eigenvalue weighted by atomic mass is 16.2. The summed E-state index contributed by atoms with van der Waals surface area (Å²) >= 11 is 0. The Morgan fingerprint density at radius 1 is 0.971 bits per heavy atom. The molecule has 7 nitrogen and oxygen atoms in total. The van der Waals surface area contributed by atoms with E-state index >= 15 is 0 Å². The van der Waals surface area contributed by atoms with Gasteiger partial charge < -0.3 is 16.0 Å². The van der Waals surface area contributed by atoms with Gasteiger partial charge in [-0.3, -0.25) is 14.4 Å². The summed E-state index contributed by atoms with van der Waals surface area (Å²) in [6.45, 7) is 4.64. The normalized spacial score (nSPS) is 29.1. The molecule has 0 aliphatic carbocycles. The first-order valence-electron chi connectivity index (χ1n) is 12.7. The number of benzene rings is 1. The molecule has 184 valence electrons. The Labute approximate surface area is 203 Å². The Kier molecular flexibility index (Phi) is 9.50. The molecule has 3 N–H and O–H groups in total. The fourth-order valence-corrected chi connectivity index (χ4v) is 5.18. The SMILES string of the molecule is CC(C)CC1NC(=O)[C@@H](Cc2ccccc2)CCCCC[C@@H]2CNC(=O)[C@@H]2C[C@@H](C#N)NC1=O. The van der Waals surface area contributed by atoms with E-state index in [0.717, 1.165) is 37.7 Å². The number of nitriles is 1. The van der Waals surface area contributed by atoms with Crippen LogP contribution in [0.2, 0.25) is 0 Å². The molecule has 0 aromatic heterocycles. The smallest absolute Gasteiger partial charge is 0.243 e. The second kappa shape index (κ2) is 12.5. The minimum absolute atomic E-state index is 0.0289. The number of nitrogens with one attached hydrogen (secondary N) is 3. The van der Waals surface area contributed by atoms with Crippen LogP contribution in [0, 0.1) is 35.0 Å². The van der Waals surface area contributed by atoms with Crippen molar-refractivity contribution in [3.05, 3.63) is 35.9 Å². The summed E-state index contributed by atoms with van der Waals surface area (Å²) in [5.41, 5.74) is 1.10. The van der Waals surface area contributed by atoms with Crippen molar-refractivity contribution in [2.75, 3.05) is 6.54 Å². The third-order valence-electron chi connectivity index (χ3n) is 7.07. The van der Waals surface area contributed by atoms with Gasteiger partial charge in [0.15, 0.2) is 0 Å². The lowest BCUT2D eigenvalue weighted by Gasteiger charge is -2.25. The van der Waals surface area contributed by atoms with E-state index < -0.39 is 12.1 Å². The van der Waals surface area contributed by atoms with Crippen LogP contribution in [-0.4, -0.2) is 36.3 Å². The zero-order valence-corrected chi connectivity index (χ0v) is 20.4. The maximum atomic E-state index is 13.3. The highest BCUT2D eigenvalue weighted by Gasteiger charge is 2.37. The lowest BCUT2D eigenvalue weighted by atomic mass is 9.85. The van der Waals surface area contributed by atoms with Gasteiger partial charge in [-0.15, -0.1) is 0 Å². The minimum atomic E-state index is -0.763. The Balaban J connectivity index is 1.81. The molecule has 1 aromatic rings. The van der Waals surface area contributed by atoms with Crippen molar-refractivity contribution in [3.63, 3.8) is 0 Å². The van der Waals surface area contributed by atoms with Gasteiger partial charge in [0.1, 0.15) is 12.1 Å². The van der Waals surface area contributed by atoms with Crippen LogP contribution in [0.5, 0.6) is 0 Å². The molecule has 7 heteroatoms. The summed E-state index contributed by atoms with van der Waals surface area (Å²) in [7, 11) is 0. The number of nitrogens with zero attached hydrogens (tertiary/aromatic N) is 1. The molecule has 0 saturated carbocycles. The monoisotopic (exact) mass is 466 g/mol. The number of hydrogen-bond acceptors (Lipinski definition) is 4. The molecule has 0 radical (unpaired) electrons. The van der Waals surface area contributed by atoms with E-state index in [9.17, 15) is 19.6 Å². The summed E-state index contributed by atoms with van der Waals surface area (Å²) in [5.74, 6) is -0.601. The van der Waals surface area contributed by atoms with Crippen molar-refractivity contribution in [3.8, 4) is 6.07 Å². The Morgan fingerprint density at radius 3 is 2.41 bits per heavy atom. The second-order valence-corrected chi connectivity index (χ2v) is 10.3. The van der Waals surface area contributed by atoms with E-state index in [1.165, 1.54) is 0 Å². The van der Waals surface area contributed by atoms with Gasteiger partial charge in [0.05, 0.1) is 6.07 Å². The Morgan fingerprint density at radius 2 is 1.71 bits per heavy atom. The molecule has 5 atom stereocenters. The molecule has 2 aliphatic heterocycles. The van der Waals surface area contributed by atoms with Crippen molar-refractivity contribution in [2.24, 2.45) is 23.7 Å². The molecule has 1 aromatic carbocycles. The number of carbonyl (C=O) groups is 3. The van der Waals surface area contributed by atoms with Crippen LogP contribution in [0.25, 0.3) is 0 Å². The van der Waals surface area contributed by atoms with Crippen molar-refractivity contribution >= 4 is 17.7 Å². The molecule has 3 amide bonds. The van der Waals surface area contributed by atoms with Gasteiger partial charge in [0.2, 0.25) is 17.7 Å². The van der Waals surface area contributed by atoms with Crippen LogP contribution in [0.3, 0.4) is 0 Å². The molecule has 2 fully saturated rings. The zero-order valence-electron chi connectivity index (χ0n) is 20.4. The van der Waals surface area contributed by atoms with Crippen molar-refractivity contribution in [1.82, 2.24) is 16.0 Å². The first-order chi connectivity index (χ1) is 16.4. The maximum absolute atomic E-state index is 13.3. The Hall–Kier alpha value is -2.88. The predicted octanol–water partition coefficient (Wildman–Crippen LogP) is 3.10. The topological polar surface area (TPSA) is 111 Å². The van der Waals surface area contributed by atoms with Crippen LogP contribution in [0.15, 0.2) is 30.3 Å². The summed E-state index contributed by atoms with van der Waals surface area (Å²) < 4.78 is 0. The summed E-state index contributed by atoms with van der Waals surface area (Å²) in [4.78, 5) is 38.9. The zero-order chi connectivity index (χ0) is 24.5. The van der Waals surface area contributed by atoms with Gasteiger partial charge in [-0.25, -0.2) is 0 Å². The molecule has 2 aliphatic rings. The minimum Gasteiger partial charge on any atom is -0.356 e. The average molecular weight is 467 g/mol. The Bertz CT molecular complexity index is 880. The predicted molar refractivity (Wildman–Crippen MR) is 130 cm³/mol. The van der Waals surface area contributed by atoms with Gasteiger partial charge >= 0.3 is 0 Å². The van der Waals surface area contributed by atoms with Crippen molar-refractivity contribution < 1.29 is 14.4 Å². The fourth-order valence-electron chi connectivity index (χ4n) is 5.18. The van der Waals surface area contributed by atoms with Crippen LogP contribution in [-0.2, 0) is 20.8 Å².